The molecule has 0 radical (unpaired) electrons. The number of rotatable bonds is 4. The first kappa shape index (κ1) is 20.9. The van der Waals surface area contributed by atoms with E-state index >= 15 is 0 Å². The van der Waals surface area contributed by atoms with Gasteiger partial charge in [-0.15, -0.1) is 0 Å². The van der Waals surface area contributed by atoms with E-state index in [2.05, 4.69) is 34.2 Å². The molecule has 1 aliphatic heterocycles. The van der Waals surface area contributed by atoms with Gasteiger partial charge in [0.2, 0.25) is 0 Å². The Balaban J connectivity index is 1.61. The topological polar surface area (TPSA) is 67.6 Å². The Morgan fingerprint density at radius 2 is 1.55 bits per heavy atom. The summed E-state index contributed by atoms with van der Waals surface area (Å²) in [6, 6.07) is 15.4. The molecule has 1 fully saturated rings. The number of benzene rings is 2. The summed E-state index contributed by atoms with van der Waals surface area (Å²) in [4.78, 5) is 14.7. The molecule has 1 aliphatic rings. The molecule has 0 aromatic heterocycles. The van der Waals surface area contributed by atoms with Crippen LogP contribution in [0, 0.1) is 11.8 Å². The first-order chi connectivity index (χ1) is 13.8. The summed E-state index contributed by atoms with van der Waals surface area (Å²) >= 11 is 0. The van der Waals surface area contributed by atoms with Crippen LogP contribution in [0.5, 0.6) is 0 Å². The van der Waals surface area contributed by atoms with Gasteiger partial charge in [-0.05, 0) is 69.3 Å². The molecule has 29 heavy (non-hydrogen) atoms. The lowest BCUT2D eigenvalue weighted by molar-refractivity contribution is 0.0925. The molecule has 152 valence electrons. The lowest BCUT2D eigenvalue weighted by Crippen LogP contribution is -2.52. The van der Waals surface area contributed by atoms with Crippen molar-refractivity contribution >= 4 is 11.6 Å². The lowest BCUT2D eigenvalue weighted by Gasteiger charge is -2.28. The van der Waals surface area contributed by atoms with E-state index < -0.39 is 5.54 Å². The predicted molar refractivity (Wildman–Crippen MR) is 117 cm³/mol. The summed E-state index contributed by atoms with van der Waals surface area (Å²) in [6.45, 7) is 9.09. The second-order valence-electron chi connectivity index (χ2n) is 7.99. The summed E-state index contributed by atoms with van der Waals surface area (Å²) in [5, 5.41) is 2.93. The minimum absolute atomic E-state index is 0.130. The number of hydrogen-bond donors (Lipinski definition) is 2. The molecule has 1 heterocycles. The number of carbonyl (C=O) groups is 1. The standard InChI is InChI=1S/C24H29N3O2/c1-18(24(2,3)25)26-23(28)21-10-6-19(7-11-21)4-5-20-8-12-22(13-9-20)27-14-16-29-17-15-27/h6-13,18H,14-17,25H2,1-3H3,(H,26,28). The fourth-order valence-electron chi connectivity index (χ4n) is 2.89. The third-order valence-electron chi connectivity index (χ3n) is 5.21. The smallest absolute Gasteiger partial charge is 0.251 e. The number of amides is 1. The van der Waals surface area contributed by atoms with Gasteiger partial charge in [0.15, 0.2) is 0 Å². The van der Waals surface area contributed by atoms with E-state index in [-0.39, 0.29) is 11.9 Å². The average Bonchev–Trinajstić information content (AvgIpc) is 2.73. The van der Waals surface area contributed by atoms with Crippen molar-refractivity contribution in [1.29, 1.82) is 0 Å². The Morgan fingerprint density at radius 1 is 1.03 bits per heavy atom. The molecular formula is C24H29N3O2. The molecule has 0 saturated carbocycles. The molecule has 3 rings (SSSR count). The van der Waals surface area contributed by atoms with Crippen LogP contribution in [-0.2, 0) is 4.74 Å². The zero-order valence-electron chi connectivity index (χ0n) is 17.4. The number of nitrogens with zero attached hydrogens (tertiary/aromatic N) is 1. The van der Waals surface area contributed by atoms with E-state index in [9.17, 15) is 4.79 Å². The minimum atomic E-state index is -0.474. The van der Waals surface area contributed by atoms with Crippen molar-refractivity contribution in [2.45, 2.75) is 32.4 Å². The van der Waals surface area contributed by atoms with Gasteiger partial charge < -0.3 is 20.7 Å². The van der Waals surface area contributed by atoms with Crippen molar-refractivity contribution in [3.63, 3.8) is 0 Å². The molecular weight excluding hydrogens is 362 g/mol. The number of morpholine rings is 1. The third kappa shape index (κ3) is 5.83. The fraction of sp³-hybridized carbons (Fsp3) is 0.375. The highest BCUT2D eigenvalue weighted by molar-refractivity contribution is 5.94. The van der Waals surface area contributed by atoms with Crippen LogP contribution >= 0.6 is 0 Å². The quantitative estimate of drug-likeness (QED) is 0.787. The largest absolute Gasteiger partial charge is 0.378 e. The van der Waals surface area contributed by atoms with Gasteiger partial charge in [-0.25, -0.2) is 0 Å². The summed E-state index contributed by atoms with van der Waals surface area (Å²) in [5.41, 5.74) is 9.19. The molecule has 3 N–H and O–H groups in total. The first-order valence-electron chi connectivity index (χ1n) is 9.97. The maximum atomic E-state index is 12.3. The summed E-state index contributed by atoms with van der Waals surface area (Å²) in [7, 11) is 0. The second kappa shape index (κ2) is 9.13. The lowest BCUT2D eigenvalue weighted by atomic mass is 9.97. The maximum Gasteiger partial charge on any atom is 0.251 e. The fourth-order valence-corrected chi connectivity index (χ4v) is 2.89. The van der Waals surface area contributed by atoms with Crippen molar-refractivity contribution in [2.24, 2.45) is 5.73 Å². The van der Waals surface area contributed by atoms with E-state index in [1.54, 1.807) is 12.1 Å². The van der Waals surface area contributed by atoms with E-state index in [0.717, 1.165) is 37.4 Å². The molecule has 5 heteroatoms. The van der Waals surface area contributed by atoms with Crippen LogP contribution in [-0.4, -0.2) is 43.8 Å². The Morgan fingerprint density at radius 3 is 2.07 bits per heavy atom. The molecule has 1 amide bonds. The molecule has 1 unspecified atom stereocenters. The van der Waals surface area contributed by atoms with Crippen LogP contribution in [0.2, 0.25) is 0 Å². The molecule has 2 aromatic carbocycles. The van der Waals surface area contributed by atoms with Crippen molar-refractivity contribution in [1.82, 2.24) is 5.32 Å². The number of carbonyl (C=O) groups excluding carboxylic acids is 1. The molecule has 1 atom stereocenters. The van der Waals surface area contributed by atoms with Crippen molar-refractivity contribution in [3.8, 4) is 11.8 Å². The van der Waals surface area contributed by atoms with E-state index in [0.29, 0.717) is 5.56 Å². The second-order valence-corrected chi connectivity index (χ2v) is 7.99. The molecule has 0 aliphatic carbocycles. The van der Waals surface area contributed by atoms with Gasteiger partial charge in [0, 0.05) is 47.0 Å². The van der Waals surface area contributed by atoms with Crippen LogP contribution in [0.15, 0.2) is 48.5 Å². The van der Waals surface area contributed by atoms with Crippen LogP contribution in [0.25, 0.3) is 0 Å². The van der Waals surface area contributed by atoms with Crippen LogP contribution in [0.1, 0.15) is 42.3 Å². The highest BCUT2D eigenvalue weighted by Gasteiger charge is 2.22. The van der Waals surface area contributed by atoms with Crippen molar-refractivity contribution in [2.75, 3.05) is 31.2 Å². The minimum Gasteiger partial charge on any atom is -0.378 e. The molecule has 0 spiro atoms. The van der Waals surface area contributed by atoms with Gasteiger partial charge in [-0.2, -0.15) is 0 Å². The zero-order chi connectivity index (χ0) is 20.9. The van der Waals surface area contributed by atoms with Gasteiger partial charge in [0.1, 0.15) is 0 Å². The number of nitrogens with one attached hydrogen (secondary N) is 1. The van der Waals surface area contributed by atoms with E-state index in [1.807, 2.05) is 45.0 Å². The van der Waals surface area contributed by atoms with Gasteiger partial charge in [-0.3, -0.25) is 4.79 Å². The first-order valence-corrected chi connectivity index (χ1v) is 9.97. The van der Waals surface area contributed by atoms with Gasteiger partial charge >= 0.3 is 0 Å². The molecule has 5 nitrogen and oxygen atoms in total. The Bertz CT molecular complexity index is 881. The normalized spacial score (nSPS) is 15.2. The average molecular weight is 392 g/mol. The van der Waals surface area contributed by atoms with E-state index in [4.69, 9.17) is 10.5 Å². The highest BCUT2D eigenvalue weighted by Crippen LogP contribution is 2.16. The zero-order valence-corrected chi connectivity index (χ0v) is 17.4. The van der Waals surface area contributed by atoms with Gasteiger partial charge in [0.25, 0.3) is 5.91 Å². The number of nitrogens with two attached hydrogens (primary N) is 1. The Labute approximate surface area is 173 Å². The van der Waals surface area contributed by atoms with Crippen LogP contribution < -0.4 is 16.0 Å². The summed E-state index contributed by atoms with van der Waals surface area (Å²) in [5.74, 6) is 6.21. The molecule has 0 bridgehead atoms. The summed E-state index contributed by atoms with van der Waals surface area (Å²) in [6.07, 6.45) is 0. The Hall–Kier alpha value is -2.81. The van der Waals surface area contributed by atoms with Crippen molar-refractivity contribution in [3.05, 3.63) is 65.2 Å². The molecule has 2 aromatic rings. The van der Waals surface area contributed by atoms with Crippen LogP contribution in [0.3, 0.4) is 0 Å². The number of ether oxygens (including phenoxy) is 1. The number of hydrogen-bond acceptors (Lipinski definition) is 4. The third-order valence-corrected chi connectivity index (χ3v) is 5.21. The predicted octanol–water partition coefficient (Wildman–Crippen LogP) is 2.78. The van der Waals surface area contributed by atoms with E-state index in [1.165, 1.54) is 5.69 Å². The van der Waals surface area contributed by atoms with Crippen molar-refractivity contribution < 1.29 is 9.53 Å². The highest BCUT2D eigenvalue weighted by atomic mass is 16.5. The SMILES string of the molecule is CC(NC(=O)c1ccc(C#Cc2ccc(N3CCOCC3)cc2)cc1)C(C)(C)N. The molecule has 1 saturated heterocycles. The summed E-state index contributed by atoms with van der Waals surface area (Å²) < 4.78 is 5.39. The monoisotopic (exact) mass is 391 g/mol. The van der Waals surface area contributed by atoms with Gasteiger partial charge in [0.05, 0.1) is 13.2 Å². The Kier molecular flexibility index (Phi) is 6.58. The van der Waals surface area contributed by atoms with Gasteiger partial charge in [-0.1, -0.05) is 11.8 Å². The van der Waals surface area contributed by atoms with Crippen LogP contribution in [0.4, 0.5) is 5.69 Å². The number of anilines is 1. The maximum absolute atomic E-state index is 12.3.